The lowest BCUT2D eigenvalue weighted by atomic mass is 9.96. The van der Waals surface area contributed by atoms with Crippen LogP contribution in [0.25, 0.3) is 0 Å². The lowest BCUT2D eigenvalue weighted by molar-refractivity contribution is -0.379. The Bertz CT molecular complexity index is 1690. The van der Waals surface area contributed by atoms with Crippen LogP contribution in [0.15, 0.2) is 0 Å². The van der Waals surface area contributed by atoms with Gasteiger partial charge in [-0.3, -0.25) is 4.79 Å². The van der Waals surface area contributed by atoms with Crippen LogP contribution in [0.4, 0.5) is 0 Å². The van der Waals surface area contributed by atoms with Gasteiger partial charge in [0.05, 0.1) is 38.6 Å². The number of hydrogen-bond acceptors (Lipinski definition) is 18. The molecule has 19 heteroatoms. The summed E-state index contributed by atoms with van der Waals surface area (Å²) in [7, 11) is 0. The van der Waals surface area contributed by atoms with Gasteiger partial charge in [0.2, 0.25) is 5.91 Å². The normalized spacial score (nSPS) is 27.4. The fourth-order valence-electron chi connectivity index (χ4n) is 13.7. The maximum atomic E-state index is 13.4. The molecule has 3 heterocycles. The standard InChI is InChI=1S/C74H143NO18/c1-3-5-7-9-11-13-15-16-17-18-19-20-21-22-23-24-25-26-27-28-29-30-31-32-33-34-35-36-37-38-39-40-42-44-46-48-50-52-62(80)75-57(58(79)51-49-47-45-43-41-14-12-10-8-6-4-2)56-88-72-68(86)65(83)70(60(54-77)90-72)93-74-69(87)66(84)71(61(55-78)91-74)92-73-67(85)64(82)63(81)59(53-76)89-73/h57-61,63-74,76-79,81-87H,3-56H2,1-2H3,(H,75,80). The monoisotopic (exact) mass is 1330 g/mol. The molecule has 0 aromatic heterocycles. The molecule has 12 N–H and O–H groups in total. The quantitative estimate of drug-likeness (QED) is 0.0252. The van der Waals surface area contributed by atoms with Crippen LogP contribution in [0.1, 0.15) is 335 Å². The summed E-state index contributed by atoms with van der Waals surface area (Å²) < 4.78 is 34.4. The van der Waals surface area contributed by atoms with Gasteiger partial charge < -0.3 is 89.9 Å². The first kappa shape index (κ1) is 86.0. The molecule has 3 aliphatic heterocycles. The van der Waals surface area contributed by atoms with Crippen LogP contribution < -0.4 is 5.32 Å². The molecule has 3 saturated heterocycles. The number of aliphatic hydroxyl groups is 11. The Kier molecular flexibility index (Phi) is 52.3. The third-order valence-electron chi connectivity index (χ3n) is 19.9. The van der Waals surface area contributed by atoms with Gasteiger partial charge in [-0.25, -0.2) is 0 Å². The van der Waals surface area contributed by atoms with Crippen molar-refractivity contribution in [2.45, 2.75) is 439 Å². The van der Waals surface area contributed by atoms with E-state index in [2.05, 4.69) is 19.2 Å². The predicted molar refractivity (Wildman–Crippen MR) is 365 cm³/mol. The van der Waals surface area contributed by atoms with E-state index < -0.39 is 124 Å². The van der Waals surface area contributed by atoms with Gasteiger partial charge in [0, 0.05) is 6.42 Å². The van der Waals surface area contributed by atoms with Gasteiger partial charge in [-0.1, -0.05) is 316 Å². The second-order valence-electron chi connectivity index (χ2n) is 28.2. The summed E-state index contributed by atoms with van der Waals surface area (Å²) in [6, 6.07) is -0.881. The molecule has 3 fully saturated rings. The van der Waals surface area contributed by atoms with E-state index in [9.17, 15) is 61.0 Å². The van der Waals surface area contributed by atoms with Gasteiger partial charge in [-0.15, -0.1) is 0 Å². The molecular formula is C74H143NO18. The van der Waals surface area contributed by atoms with E-state index in [-0.39, 0.29) is 18.9 Å². The maximum absolute atomic E-state index is 13.4. The molecule has 3 rings (SSSR count). The van der Waals surface area contributed by atoms with Gasteiger partial charge in [-0.05, 0) is 12.8 Å². The zero-order valence-corrected chi connectivity index (χ0v) is 58.8. The number of nitrogens with one attached hydrogen (secondary N) is 1. The molecule has 552 valence electrons. The van der Waals surface area contributed by atoms with E-state index in [0.717, 1.165) is 44.9 Å². The van der Waals surface area contributed by atoms with Crippen LogP contribution in [0, 0.1) is 0 Å². The van der Waals surface area contributed by atoms with Crippen molar-refractivity contribution in [1.82, 2.24) is 5.32 Å². The van der Waals surface area contributed by atoms with Crippen LogP contribution in [0.3, 0.4) is 0 Å². The highest BCUT2D eigenvalue weighted by Gasteiger charge is 2.54. The van der Waals surface area contributed by atoms with E-state index in [1.54, 1.807) is 0 Å². The molecule has 0 spiro atoms. The van der Waals surface area contributed by atoms with E-state index >= 15 is 0 Å². The van der Waals surface area contributed by atoms with E-state index in [1.807, 2.05) is 0 Å². The summed E-state index contributed by atoms with van der Waals surface area (Å²) in [4.78, 5) is 13.4. The molecule has 93 heavy (non-hydrogen) atoms. The summed E-state index contributed by atoms with van der Waals surface area (Å²) in [5.41, 5.74) is 0. The Morgan fingerprint density at radius 3 is 0.935 bits per heavy atom. The van der Waals surface area contributed by atoms with Crippen LogP contribution in [0.5, 0.6) is 0 Å². The molecule has 17 unspecified atom stereocenters. The van der Waals surface area contributed by atoms with Crippen molar-refractivity contribution >= 4 is 5.91 Å². The predicted octanol–water partition coefficient (Wildman–Crippen LogP) is 11.8. The molecule has 17 atom stereocenters. The zero-order chi connectivity index (χ0) is 67.5. The van der Waals surface area contributed by atoms with Crippen LogP contribution in [0.2, 0.25) is 0 Å². The SMILES string of the molecule is CCCCCCCCCCCCCCCCCCCCCCCCCCCCCCCCCCCCCCCC(=O)NC(COC1OC(CO)C(OC2OC(CO)C(OC3OC(CO)C(O)C(O)C3O)C(O)C2O)C(O)C1O)C(O)CCCCCCCCCCCCC. The zero-order valence-electron chi connectivity index (χ0n) is 58.8. The molecule has 0 saturated carbocycles. The van der Waals surface area contributed by atoms with E-state index in [1.165, 1.54) is 257 Å². The van der Waals surface area contributed by atoms with E-state index in [4.69, 9.17) is 28.4 Å². The number of amides is 1. The van der Waals surface area contributed by atoms with E-state index in [0.29, 0.717) is 12.8 Å². The Labute approximate surface area is 563 Å². The summed E-state index contributed by atoms with van der Waals surface area (Å²) in [5, 5.41) is 121. The van der Waals surface area contributed by atoms with Crippen molar-refractivity contribution in [2.24, 2.45) is 0 Å². The Hall–Kier alpha value is -1.21. The maximum Gasteiger partial charge on any atom is 0.220 e. The molecule has 0 bridgehead atoms. The average molecular weight is 1330 g/mol. The highest BCUT2D eigenvalue weighted by Crippen LogP contribution is 2.33. The van der Waals surface area contributed by atoms with Gasteiger partial charge in [0.25, 0.3) is 0 Å². The molecule has 3 aliphatic rings. The number of aliphatic hydroxyl groups excluding tert-OH is 11. The van der Waals surface area contributed by atoms with Crippen LogP contribution in [-0.4, -0.2) is 193 Å². The third kappa shape index (κ3) is 37.7. The fraction of sp³-hybridized carbons (Fsp3) is 0.986. The summed E-state index contributed by atoms with van der Waals surface area (Å²) in [6.07, 6.45) is 36.7. The Morgan fingerprint density at radius 2 is 0.613 bits per heavy atom. The number of unbranched alkanes of at least 4 members (excludes halogenated alkanes) is 46. The molecule has 19 nitrogen and oxygen atoms in total. The topological polar surface area (TPSA) is 307 Å². The smallest absolute Gasteiger partial charge is 0.220 e. The molecule has 0 aromatic carbocycles. The summed E-state index contributed by atoms with van der Waals surface area (Å²) >= 11 is 0. The third-order valence-corrected chi connectivity index (χ3v) is 19.9. The summed E-state index contributed by atoms with van der Waals surface area (Å²) in [6.45, 7) is 1.82. The molecule has 0 aromatic rings. The number of ether oxygens (including phenoxy) is 6. The largest absolute Gasteiger partial charge is 0.394 e. The van der Waals surface area contributed by atoms with Gasteiger partial charge >= 0.3 is 0 Å². The van der Waals surface area contributed by atoms with Gasteiger partial charge in [0.15, 0.2) is 18.9 Å². The number of carbonyl (C=O) groups excluding carboxylic acids is 1. The van der Waals surface area contributed by atoms with Crippen LogP contribution in [-0.2, 0) is 33.2 Å². The Balaban J connectivity index is 1.27. The van der Waals surface area contributed by atoms with Crippen molar-refractivity contribution < 1.29 is 89.4 Å². The Morgan fingerprint density at radius 1 is 0.344 bits per heavy atom. The second kappa shape index (κ2) is 56.5. The first-order valence-corrected chi connectivity index (χ1v) is 38.8. The molecule has 0 aliphatic carbocycles. The lowest BCUT2D eigenvalue weighted by Crippen LogP contribution is -2.66. The van der Waals surface area contributed by atoms with Crippen LogP contribution >= 0.6 is 0 Å². The highest BCUT2D eigenvalue weighted by atomic mass is 16.8. The number of hydrogen-bond donors (Lipinski definition) is 12. The van der Waals surface area contributed by atoms with Gasteiger partial charge in [0.1, 0.15) is 73.2 Å². The lowest BCUT2D eigenvalue weighted by Gasteiger charge is -2.48. The molecule has 0 radical (unpaired) electrons. The van der Waals surface area contributed by atoms with Crippen molar-refractivity contribution in [3.8, 4) is 0 Å². The fourth-order valence-corrected chi connectivity index (χ4v) is 13.7. The highest BCUT2D eigenvalue weighted by molar-refractivity contribution is 5.76. The number of rotatable bonds is 62. The summed E-state index contributed by atoms with van der Waals surface area (Å²) in [5.74, 6) is -0.236. The first-order chi connectivity index (χ1) is 45.3. The first-order valence-electron chi connectivity index (χ1n) is 38.8. The molecular weight excluding hydrogens is 1190 g/mol. The minimum absolute atomic E-state index is 0.236. The van der Waals surface area contributed by atoms with Crippen molar-refractivity contribution in [2.75, 3.05) is 26.4 Å². The minimum atomic E-state index is -1.97. The minimum Gasteiger partial charge on any atom is -0.394 e. The average Bonchev–Trinajstić information content (AvgIpc) is 0.805. The van der Waals surface area contributed by atoms with Gasteiger partial charge in [-0.2, -0.15) is 0 Å². The van der Waals surface area contributed by atoms with Crippen molar-refractivity contribution in [3.63, 3.8) is 0 Å². The second-order valence-corrected chi connectivity index (χ2v) is 28.2. The molecule has 1 amide bonds. The number of carbonyl (C=O) groups is 1. The van der Waals surface area contributed by atoms with Crippen molar-refractivity contribution in [1.29, 1.82) is 0 Å². The van der Waals surface area contributed by atoms with Crippen molar-refractivity contribution in [3.05, 3.63) is 0 Å².